The lowest BCUT2D eigenvalue weighted by Gasteiger charge is -2.00. The van der Waals surface area contributed by atoms with Crippen molar-refractivity contribution in [3.63, 3.8) is 0 Å². The molecule has 0 atom stereocenters. The van der Waals surface area contributed by atoms with E-state index in [0.29, 0.717) is 0 Å². The minimum atomic E-state index is -0.833. The summed E-state index contributed by atoms with van der Waals surface area (Å²) >= 11 is 0. The van der Waals surface area contributed by atoms with E-state index in [4.69, 9.17) is 14.6 Å². The highest BCUT2D eigenvalue weighted by atomic mass is 16.5. The van der Waals surface area contributed by atoms with Crippen LogP contribution in [0.5, 0.6) is 5.75 Å². The normalized spacial score (nSPS) is 10.6. The zero-order valence-corrected chi connectivity index (χ0v) is 12.1. The number of H-pyrrole nitrogens is 1. The Morgan fingerprint density at radius 1 is 1.09 bits per heavy atom. The van der Waals surface area contributed by atoms with E-state index in [-0.39, 0.29) is 5.56 Å². The van der Waals surface area contributed by atoms with Gasteiger partial charge in [0, 0.05) is 24.8 Å². The molecule has 0 saturated carbocycles. The molecule has 2 N–H and O–H groups in total. The molecule has 2 aromatic rings. The Morgan fingerprint density at radius 3 is 2.36 bits per heavy atom. The van der Waals surface area contributed by atoms with Crippen molar-refractivity contribution < 1.29 is 14.6 Å². The van der Waals surface area contributed by atoms with E-state index in [1.54, 1.807) is 24.6 Å². The maximum absolute atomic E-state index is 10.2. The summed E-state index contributed by atoms with van der Waals surface area (Å²) in [7, 11) is 0. The lowest BCUT2D eigenvalue weighted by atomic mass is 10.2. The lowest BCUT2D eigenvalue weighted by Crippen LogP contribution is -1.98. The van der Waals surface area contributed by atoms with E-state index in [1.165, 1.54) is 6.07 Å². The first-order valence-electron chi connectivity index (χ1n) is 6.52. The summed E-state index contributed by atoms with van der Waals surface area (Å²) in [6.07, 6.45) is 9.15. The van der Waals surface area contributed by atoms with Gasteiger partial charge >= 0.3 is 0 Å². The Labute approximate surface area is 128 Å². The number of carbonyl (C=O) groups is 1. The number of hydrogen-bond donors (Lipinski definition) is 2. The molecule has 1 aromatic carbocycles. The number of benzene rings is 1. The number of allylic oxidation sites excluding steroid dienone is 2. The molecule has 1 aliphatic rings. The van der Waals surface area contributed by atoms with E-state index in [1.807, 2.05) is 42.5 Å². The third-order valence-corrected chi connectivity index (χ3v) is 2.26. The van der Waals surface area contributed by atoms with E-state index in [2.05, 4.69) is 4.98 Å². The quantitative estimate of drug-likeness (QED) is 0.783. The van der Waals surface area contributed by atoms with Gasteiger partial charge in [0.2, 0.25) is 5.56 Å². The van der Waals surface area contributed by atoms with Crippen LogP contribution in [0.3, 0.4) is 0 Å². The first kappa shape index (κ1) is 17.0. The summed E-state index contributed by atoms with van der Waals surface area (Å²) in [6.45, 7) is 1.08. The molecule has 0 radical (unpaired) electrons. The number of ether oxygens (including phenoxy) is 1. The second kappa shape index (κ2) is 9.77. The van der Waals surface area contributed by atoms with Crippen LogP contribution in [0.1, 0.15) is 12.5 Å². The standard InChI is InChI=1S/C10H8O.C5H5NO.C2H4O2/c1-2-7-10-9(5-1)6-3-4-8-11-10;7-5-3-1-2-4-6-5;1-2(3)4/h1-8H;1-4H,(H,6,7);1H3,(H,3,4). The molecule has 114 valence electrons. The number of hydrogen-bond acceptors (Lipinski definition) is 3. The second-order valence-electron chi connectivity index (χ2n) is 4.09. The fourth-order valence-corrected chi connectivity index (χ4v) is 1.42. The largest absolute Gasteiger partial charge is 0.481 e. The average Bonchev–Trinajstić information content (AvgIpc) is 2.73. The summed E-state index contributed by atoms with van der Waals surface area (Å²) in [4.78, 5) is 21.7. The van der Waals surface area contributed by atoms with Gasteiger partial charge in [0.15, 0.2) is 0 Å². The number of aliphatic carboxylic acids is 1. The zero-order valence-electron chi connectivity index (χ0n) is 12.1. The van der Waals surface area contributed by atoms with E-state index >= 15 is 0 Å². The van der Waals surface area contributed by atoms with Crippen molar-refractivity contribution in [1.82, 2.24) is 4.98 Å². The van der Waals surface area contributed by atoms with Crippen molar-refractivity contribution in [3.05, 3.63) is 83.0 Å². The Bertz CT molecular complexity index is 680. The van der Waals surface area contributed by atoms with E-state index < -0.39 is 5.97 Å². The third-order valence-electron chi connectivity index (χ3n) is 2.26. The maximum Gasteiger partial charge on any atom is 0.300 e. The van der Waals surface area contributed by atoms with Crippen LogP contribution < -0.4 is 10.3 Å². The predicted octanol–water partition coefficient (Wildman–Crippen LogP) is 3.07. The van der Waals surface area contributed by atoms with Crippen molar-refractivity contribution in [1.29, 1.82) is 0 Å². The number of carboxylic acid groups (broad SMARTS) is 1. The molecule has 1 aromatic heterocycles. The smallest absolute Gasteiger partial charge is 0.300 e. The number of nitrogens with one attached hydrogen (secondary N) is 1. The summed E-state index contributed by atoms with van der Waals surface area (Å²) in [5.74, 6) is 0.0810. The molecule has 5 heteroatoms. The first-order chi connectivity index (χ1) is 10.6. The molecule has 2 heterocycles. The average molecular weight is 299 g/mol. The van der Waals surface area contributed by atoms with Crippen LogP contribution in [-0.4, -0.2) is 16.1 Å². The van der Waals surface area contributed by atoms with Gasteiger partial charge in [-0.3, -0.25) is 9.59 Å². The molecule has 3 rings (SSSR count). The van der Waals surface area contributed by atoms with Crippen LogP contribution in [0, 0.1) is 0 Å². The van der Waals surface area contributed by atoms with Gasteiger partial charge in [-0.1, -0.05) is 36.4 Å². The minimum absolute atomic E-state index is 0.0532. The SMILES string of the molecule is C1=COc2ccccc2C=C1.CC(=O)O.O=c1cccc[nH]1. The molecule has 0 saturated heterocycles. The van der Waals surface area contributed by atoms with Crippen LogP contribution in [-0.2, 0) is 4.79 Å². The molecule has 0 spiro atoms. The van der Waals surface area contributed by atoms with Crippen molar-refractivity contribution in [3.8, 4) is 5.75 Å². The fraction of sp³-hybridized carbons (Fsp3) is 0.0588. The van der Waals surface area contributed by atoms with Crippen LogP contribution in [0.2, 0.25) is 0 Å². The molecule has 22 heavy (non-hydrogen) atoms. The van der Waals surface area contributed by atoms with Crippen LogP contribution >= 0.6 is 0 Å². The van der Waals surface area contributed by atoms with E-state index in [0.717, 1.165) is 18.2 Å². The topological polar surface area (TPSA) is 79.4 Å². The number of carboxylic acids is 1. The molecule has 1 aliphatic heterocycles. The van der Waals surface area contributed by atoms with Crippen molar-refractivity contribution in [2.24, 2.45) is 0 Å². The Kier molecular flexibility index (Phi) is 7.53. The monoisotopic (exact) mass is 299 g/mol. The van der Waals surface area contributed by atoms with Gasteiger partial charge in [-0.05, 0) is 18.2 Å². The fourth-order valence-electron chi connectivity index (χ4n) is 1.42. The van der Waals surface area contributed by atoms with Gasteiger partial charge in [-0.15, -0.1) is 0 Å². The molecule has 0 fully saturated rings. The number of fused-ring (bicyclic) bond motifs is 1. The summed E-state index contributed by atoms with van der Waals surface area (Å²) in [5, 5.41) is 7.42. The lowest BCUT2D eigenvalue weighted by molar-refractivity contribution is -0.134. The van der Waals surface area contributed by atoms with Gasteiger partial charge in [0.05, 0.1) is 6.26 Å². The maximum atomic E-state index is 10.2. The van der Waals surface area contributed by atoms with Crippen LogP contribution in [0.4, 0.5) is 0 Å². The summed E-state index contributed by atoms with van der Waals surface area (Å²) < 4.78 is 5.31. The van der Waals surface area contributed by atoms with Crippen molar-refractivity contribution in [2.45, 2.75) is 6.92 Å². The number of rotatable bonds is 0. The Morgan fingerprint density at radius 2 is 1.77 bits per heavy atom. The highest BCUT2D eigenvalue weighted by Gasteiger charge is 1.97. The third kappa shape index (κ3) is 7.49. The highest BCUT2D eigenvalue weighted by molar-refractivity contribution is 5.63. The second-order valence-corrected chi connectivity index (χ2v) is 4.09. The van der Waals surface area contributed by atoms with E-state index in [9.17, 15) is 4.79 Å². The van der Waals surface area contributed by atoms with Crippen LogP contribution in [0.15, 0.2) is 71.9 Å². The number of pyridine rings is 1. The molecular weight excluding hydrogens is 282 g/mol. The molecule has 0 unspecified atom stereocenters. The van der Waals surface area contributed by atoms with Gasteiger partial charge < -0.3 is 14.8 Å². The Balaban J connectivity index is 0.000000190. The minimum Gasteiger partial charge on any atom is -0.481 e. The van der Waals surface area contributed by atoms with Gasteiger partial charge in [0.25, 0.3) is 5.97 Å². The molecular formula is C17H17NO4. The molecule has 0 amide bonds. The number of aromatic nitrogens is 1. The zero-order chi connectivity index (χ0) is 16.2. The van der Waals surface area contributed by atoms with Crippen molar-refractivity contribution in [2.75, 3.05) is 0 Å². The predicted molar refractivity (Wildman–Crippen MR) is 85.6 cm³/mol. The number of para-hydroxylation sites is 1. The van der Waals surface area contributed by atoms with Gasteiger partial charge in [-0.25, -0.2) is 0 Å². The summed E-state index contributed by atoms with van der Waals surface area (Å²) in [5.41, 5.74) is 1.07. The molecule has 5 nitrogen and oxygen atoms in total. The highest BCUT2D eigenvalue weighted by Crippen LogP contribution is 2.21. The molecule has 0 bridgehead atoms. The Hall–Kier alpha value is -3.08. The van der Waals surface area contributed by atoms with Gasteiger partial charge in [-0.2, -0.15) is 0 Å². The first-order valence-corrected chi connectivity index (χ1v) is 6.52. The van der Waals surface area contributed by atoms with Gasteiger partial charge in [0.1, 0.15) is 5.75 Å². The van der Waals surface area contributed by atoms with Crippen LogP contribution in [0.25, 0.3) is 6.08 Å². The van der Waals surface area contributed by atoms with Crippen molar-refractivity contribution >= 4 is 12.0 Å². The summed E-state index contributed by atoms with van der Waals surface area (Å²) in [6, 6.07) is 12.9. The number of aromatic amines is 1. The molecule has 0 aliphatic carbocycles.